The molecule has 2 nitrogen and oxygen atoms in total. The van der Waals surface area contributed by atoms with Gasteiger partial charge in [0, 0.05) is 11.5 Å². The fraction of sp³-hybridized carbons (Fsp3) is 0.250. The van der Waals surface area contributed by atoms with E-state index < -0.39 is 0 Å². The van der Waals surface area contributed by atoms with Crippen LogP contribution in [0.4, 0.5) is 0 Å². The minimum absolute atomic E-state index is 0.287. The summed E-state index contributed by atoms with van der Waals surface area (Å²) in [7, 11) is 0. The molecule has 0 unspecified atom stereocenters. The Morgan fingerprint density at radius 2 is 2.07 bits per heavy atom. The molecule has 2 heteroatoms. The lowest BCUT2D eigenvalue weighted by Crippen LogP contribution is -1.96. The first-order valence-corrected chi connectivity index (χ1v) is 4.74. The van der Waals surface area contributed by atoms with Crippen LogP contribution in [0.15, 0.2) is 33.5 Å². The predicted octanol–water partition coefficient (Wildman–Crippen LogP) is 2.66. The largest absolute Gasteiger partial charge is 0.422 e. The van der Waals surface area contributed by atoms with E-state index in [9.17, 15) is 4.79 Å². The molecule has 0 N–H and O–H groups in total. The summed E-state index contributed by atoms with van der Waals surface area (Å²) in [6, 6.07) is 7.39. The number of hydrogen-bond donors (Lipinski definition) is 0. The van der Waals surface area contributed by atoms with Gasteiger partial charge >= 0.3 is 5.63 Å². The molecule has 2 rings (SSSR count). The smallest absolute Gasteiger partial charge is 0.336 e. The van der Waals surface area contributed by atoms with E-state index in [-0.39, 0.29) is 5.63 Å². The van der Waals surface area contributed by atoms with Gasteiger partial charge in [0.25, 0.3) is 0 Å². The van der Waals surface area contributed by atoms with Crippen molar-refractivity contribution in [2.45, 2.75) is 20.3 Å². The van der Waals surface area contributed by atoms with E-state index in [4.69, 9.17) is 4.42 Å². The lowest BCUT2D eigenvalue weighted by molar-refractivity contribution is 0.558. The molecule has 1 aromatic carbocycles. The molecular formula is C12H12O2. The standard InChI is InChI=1S/C12H12O2/c1-3-9-6-8(2)12-10(7-9)4-5-11(13)14-12/h4-7H,3H2,1-2H3. The van der Waals surface area contributed by atoms with Gasteiger partial charge in [-0.1, -0.05) is 13.0 Å². The molecule has 0 radical (unpaired) electrons. The second-order valence-electron chi connectivity index (χ2n) is 3.44. The third-order valence-electron chi connectivity index (χ3n) is 2.37. The average molecular weight is 188 g/mol. The molecule has 0 aliphatic heterocycles. The van der Waals surface area contributed by atoms with Crippen LogP contribution in [-0.4, -0.2) is 0 Å². The van der Waals surface area contributed by atoms with Crippen molar-refractivity contribution < 1.29 is 4.42 Å². The highest BCUT2D eigenvalue weighted by atomic mass is 16.4. The van der Waals surface area contributed by atoms with E-state index in [1.807, 2.05) is 13.0 Å². The maximum Gasteiger partial charge on any atom is 0.336 e. The highest BCUT2D eigenvalue weighted by molar-refractivity contribution is 5.80. The summed E-state index contributed by atoms with van der Waals surface area (Å²) in [6.07, 6.45) is 0.996. The number of fused-ring (bicyclic) bond motifs is 1. The molecule has 0 saturated carbocycles. The molecule has 0 amide bonds. The maximum absolute atomic E-state index is 11.0. The third-order valence-corrected chi connectivity index (χ3v) is 2.37. The highest BCUT2D eigenvalue weighted by Gasteiger charge is 2.02. The van der Waals surface area contributed by atoms with Gasteiger partial charge in [0.05, 0.1) is 0 Å². The van der Waals surface area contributed by atoms with Gasteiger partial charge in [-0.2, -0.15) is 0 Å². The van der Waals surface area contributed by atoms with Crippen LogP contribution in [-0.2, 0) is 6.42 Å². The first kappa shape index (κ1) is 9.00. The van der Waals surface area contributed by atoms with E-state index in [1.54, 1.807) is 0 Å². The summed E-state index contributed by atoms with van der Waals surface area (Å²) >= 11 is 0. The Bertz CT molecular complexity index is 523. The third kappa shape index (κ3) is 1.43. The summed E-state index contributed by atoms with van der Waals surface area (Å²) in [4.78, 5) is 11.0. The summed E-state index contributed by atoms with van der Waals surface area (Å²) in [5.41, 5.74) is 2.71. The Balaban J connectivity index is 2.83. The van der Waals surface area contributed by atoms with Crippen molar-refractivity contribution >= 4 is 11.0 Å². The van der Waals surface area contributed by atoms with E-state index in [0.29, 0.717) is 5.58 Å². The van der Waals surface area contributed by atoms with Crippen LogP contribution in [0.1, 0.15) is 18.1 Å². The van der Waals surface area contributed by atoms with Gasteiger partial charge in [0.1, 0.15) is 5.58 Å². The van der Waals surface area contributed by atoms with E-state index in [2.05, 4.69) is 19.1 Å². The van der Waals surface area contributed by atoms with Crippen LogP contribution in [0, 0.1) is 6.92 Å². The molecule has 0 atom stereocenters. The van der Waals surface area contributed by atoms with Crippen molar-refractivity contribution in [1.82, 2.24) is 0 Å². The molecule has 0 saturated heterocycles. The Morgan fingerprint density at radius 3 is 2.79 bits per heavy atom. The first-order valence-electron chi connectivity index (χ1n) is 4.74. The van der Waals surface area contributed by atoms with Crippen molar-refractivity contribution in [1.29, 1.82) is 0 Å². The molecule has 0 aliphatic carbocycles. The Labute approximate surface area is 82.2 Å². The van der Waals surface area contributed by atoms with Gasteiger partial charge in [-0.3, -0.25) is 0 Å². The van der Waals surface area contributed by atoms with Gasteiger partial charge in [-0.25, -0.2) is 4.79 Å². The minimum atomic E-state index is -0.287. The van der Waals surface area contributed by atoms with Gasteiger partial charge in [-0.05, 0) is 36.6 Å². The number of aryl methyl sites for hydroxylation is 2. The van der Waals surface area contributed by atoms with Crippen LogP contribution in [0.3, 0.4) is 0 Å². The Kier molecular flexibility index (Phi) is 2.12. The molecule has 0 aliphatic rings. The zero-order chi connectivity index (χ0) is 10.1. The second kappa shape index (κ2) is 3.29. The molecule has 72 valence electrons. The summed E-state index contributed by atoms with van der Waals surface area (Å²) in [5, 5.41) is 1.00. The molecule has 0 fully saturated rings. The maximum atomic E-state index is 11.0. The Morgan fingerprint density at radius 1 is 1.29 bits per heavy atom. The SMILES string of the molecule is CCc1cc(C)c2oc(=O)ccc2c1. The average Bonchev–Trinajstić information content (AvgIpc) is 2.19. The zero-order valence-electron chi connectivity index (χ0n) is 8.33. The van der Waals surface area contributed by atoms with Crippen LogP contribution < -0.4 is 5.63 Å². The molecular weight excluding hydrogens is 176 g/mol. The molecule has 1 heterocycles. The Hall–Kier alpha value is -1.57. The molecule has 14 heavy (non-hydrogen) atoms. The molecule has 0 spiro atoms. The van der Waals surface area contributed by atoms with Gasteiger partial charge < -0.3 is 4.42 Å². The summed E-state index contributed by atoms with van der Waals surface area (Å²) < 4.78 is 5.14. The predicted molar refractivity (Wildman–Crippen MR) is 56.6 cm³/mol. The number of benzene rings is 1. The van der Waals surface area contributed by atoms with Gasteiger partial charge in [0.2, 0.25) is 0 Å². The van der Waals surface area contributed by atoms with Crippen LogP contribution in [0.5, 0.6) is 0 Å². The van der Waals surface area contributed by atoms with Crippen molar-refractivity contribution in [3.05, 3.63) is 45.8 Å². The van der Waals surface area contributed by atoms with Crippen LogP contribution in [0.25, 0.3) is 11.0 Å². The highest BCUT2D eigenvalue weighted by Crippen LogP contribution is 2.19. The minimum Gasteiger partial charge on any atom is -0.422 e. The van der Waals surface area contributed by atoms with Gasteiger partial charge in [0.15, 0.2) is 0 Å². The van der Waals surface area contributed by atoms with E-state index >= 15 is 0 Å². The summed E-state index contributed by atoms with van der Waals surface area (Å²) in [5.74, 6) is 0. The fourth-order valence-corrected chi connectivity index (χ4v) is 1.64. The molecule has 1 aromatic heterocycles. The van der Waals surface area contributed by atoms with Crippen molar-refractivity contribution in [3.8, 4) is 0 Å². The normalized spacial score (nSPS) is 10.7. The first-order chi connectivity index (χ1) is 6.70. The number of hydrogen-bond acceptors (Lipinski definition) is 2. The lowest BCUT2D eigenvalue weighted by atomic mass is 10.1. The second-order valence-corrected chi connectivity index (χ2v) is 3.44. The topological polar surface area (TPSA) is 30.2 Å². The van der Waals surface area contributed by atoms with Gasteiger partial charge in [-0.15, -0.1) is 0 Å². The lowest BCUT2D eigenvalue weighted by Gasteiger charge is -2.03. The number of rotatable bonds is 1. The van der Waals surface area contributed by atoms with E-state index in [1.165, 1.54) is 11.6 Å². The monoisotopic (exact) mass is 188 g/mol. The molecule has 0 bridgehead atoms. The van der Waals surface area contributed by atoms with Crippen molar-refractivity contribution in [2.75, 3.05) is 0 Å². The summed E-state index contributed by atoms with van der Waals surface area (Å²) in [6.45, 7) is 4.07. The van der Waals surface area contributed by atoms with Crippen molar-refractivity contribution in [2.24, 2.45) is 0 Å². The fourth-order valence-electron chi connectivity index (χ4n) is 1.64. The molecule has 2 aromatic rings. The quantitative estimate of drug-likeness (QED) is 0.644. The van der Waals surface area contributed by atoms with Crippen LogP contribution >= 0.6 is 0 Å². The zero-order valence-corrected chi connectivity index (χ0v) is 8.33. The van der Waals surface area contributed by atoms with Crippen molar-refractivity contribution in [3.63, 3.8) is 0 Å². The van der Waals surface area contributed by atoms with E-state index in [0.717, 1.165) is 17.4 Å². The van der Waals surface area contributed by atoms with Crippen LogP contribution in [0.2, 0.25) is 0 Å².